The maximum atomic E-state index is 4.63. The Morgan fingerprint density at radius 1 is 1.29 bits per heavy atom. The molecule has 0 amide bonds. The molecule has 3 rings (SSSR count). The first-order chi connectivity index (χ1) is 6.77. The molecule has 0 aromatic carbocycles. The summed E-state index contributed by atoms with van der Waals surface area (Å²) >= 11 is 0. The summed E-state index contributed by atoms with van der Waals surface area (Å²) in [4.78, 5) is 4.63. The maximum absolute atomic E-state index is 4.63. The predicted molar refractivity (Wildman–Crippen MR) is 57.2 cm³/mol. The van der Waals surface area contributed by atoms with Gasteiger partial charge in [-0.3, -0.25) is 0 Å². The second kappa shape index (κ2) is 2.47. The van der Waals surface area contributed by atoms with Gasteiger partial charge in [0.25, 0.3) is 0 Å². The van der Waals surface area contributed by atoms with Gasteiger partial charge in [-0.05, 0) is 31.6 Å². The molecule has 1 aliphatic rings. The highest BCUT2D eigenvalue weighted by Gasteiger charge is 2.20. The Balaban J connectivity index is 2.39. The van der Waals surface area contributed by atoms with Crippen molar-refractivity contribution in [2.75, 3.05) is 0 Å². The number of hydrogen-bond donors (Lipinski definition) is 0. The summed E-state index contributed by atoms with van der Waals surface area (Å²) < 4.78 is 2.19. The minimum atomic E-state index is 1.05. The SMILES string of the molecule is CC1=C(C)c2nc3ccccn3c2C1. The van der Waals surface area contributed by atoms with Crippen molar-refractivity contribution in [2.24, 2.45) is 0 Å². The summed E-state index contributed by atoms with van der Waals surface area (Å²) in [5.41, 5.74) is 6.39. The van der Waals surface area contributed by atoms with Crippen LogP contribution in [-0.4, -0.2) is 9.38 Å². The second-order valence-electron chi connectivity index (χ2n) is 3.92. The van der Waals surface area contributed by atoms with Crippen LogP contribution in [0.1, 0.15) is 25.2 Å². The number of fused-ring (bicyclic) bond motifs is 3. The fraction of sp³-hybridized carbons (Fsp3) is 0.250. The molecule has 70 valence electrons. The van der Waals surface area contributed by atoms with E-state index in [4.69, 9.17) is 0 Å². The lowest BCUT2D eigenvalue weighted by Gasteiger charge is -1.97. The smallest absolute Gasteiger partial charge is 0.137 e. The van der Waals surface area contributed by atoms with Crippen LogP contribution in [0.3, 0.4) is 0 Å². The first kappa shape index (κ1) is 7.80. The fourth-order valence-corrected chi connectivity index (χ4v) is 2.10. The summed E-state index contributed by atoms with van der Waals surface area (Å²) in [5.74, 6) is 0. The van der Waals surface area contributed by atoms with E-state index in [1.54, 1.807) is 0 Å². The Bertz CT molecular complexity index is 546. The zero-order valence-electron chi connectivity index (χ0n) is 8.41. The van der Waals surface area contributed by atoms with E-state index in [-0.39, 0.29) is 0 Å². The average Bonchev–Trinajstić information content (AvgIpc) is 2.67. The highest BCUT2D eigenvalue weighted by atomic mass is 15.0. The zero-order valence-corrected chi connectivity index (χ0v) is 8.41. The predicted octanol–water partition coefficient (Wildman–Crippen LogP) is 2.68. The molecule has 2 nitrogen and oxygen atoms in total. The van der Waals surface area contributed by atoms with Crippen molar-refractivity contribution in [1.82, 2.24) is 9.38 Å². The van der Waals surface area contributed by atoms with Crippen molar-refractivity contribution in [3.8, 4) is 0 Å². The first-order valence-electron chi connectivity index (χ1n) is 4.90. The fourth-order valence-electron chi connectivity index (χ4n) is 2.10. The van der Waals surface area contributed by atoms with E-state index < -0.39 is 0 Å². The number of pyridine rings is 1. The molecule has 0 saturated carbocycles. The van der Waals surface area contributed by atoms with Crippen LogP contribution in [0, 0.1) is 0 Å². The Morgan fingerprint density at radius 3 is 3.00 bits per heavy atom. The van der Waals surface area contributed by atoms with Crippen LogP contribution >= 0.6 is 0 Å². The van der Waals surface area contributed by atoms with Gasteiger partial charge in [-0.15, -0.1) is 0 Å². The van der Waals surface area contributed by atoms with Crippen LogP contribution in [0.4, 0.5) is 0 Å². The van der Waals surface area contributed by atoms with Gasteiger partial charge in [0.15, 0.2) is 0 Å². The van der Waals surface area contributed by atoms with E-state index in [2.05, 4.69) is 41.6 Å². The molecule has 2 heteroatoms. The summed E-state index contributed by atoms with van der Waals surface area (Å²) in [6, 6.07) is 6.14. The largest absolute Gasteiger partial charge is 0.303 e. The lowest BCUT2D eigenvalue weighted by atomic mass is 10.2. The van der Waals surface area contributed by atoms with E-state index in [9.17, 15) is 0 Å². The molecule has 2 aromatic heterocycles. The molecule has 0 aliphatic heterocycles. The normalized spacial score (nSPS) is 15.3. The molecular formula is C12H12N2. The molecule has 2 heterocycles. The van der Waals surface area contributed by atoms with Crippen molar-refractivity contribution in [2.45, 2.75) is 20.3 Å². The van der Waals surface area contributed by atoms with E-state index in [0.29, 0.717) is 0 Å². The number of aromatic nitrogens is 2. The van der Waals surface area contributed by atoms with Crippen molar-refractivity contribution in [3.05, 3.63) is 41.4 Å². The molecule has 0 saturated heterocycles. The molecule has 0 bridgehead atoms. The van der Waals surface area contributed by atoms with Gasteiger partial charge in [-0.25, -0.2) is 4.98 Å². The molecule has 14 heavy (non-hydrogen) atoms. The first-order valence-corrected chi connectivity index (χ1v) is 4.90. The highest BCUT2D eigenvalue weighted by molar-refractivity contribution is 5.73. The molecule has 0 unspecified atom stereocenters. The quantitative estimate of drug-likeness (QED) is 0.615. The molecule has 2 aromatic rings. The summed E-state index contributed by atoms with van der Waals surface area (Å²) in [6.07, 6.45) is 3.14. The van der Waals surface area contributed by atoms with Crippen LogP contribution in [0.25, 0.3) is 11.2 Å². The van der Waals surface area contributed by atoms with Crippen molar-refractivity contribution in [1.29, 1.82) is 0 Å². The van der Waals surface area contributed by atoms with Crippen LogP contribution in [0.2, 0.25) is 0 Å². The Kier molecular flexibility index (Phi) is 1.38. The topological polar surface area (TPSA) is 17.3 Å². The van der Waals surface area contributed by atoms with E-state index in [1.165, 1.54) is 22.5 Å². The third kappa shape index (κ3) is 0.830. The number of nitrogens with zero attached hydrogens (tertiary/aromatic N) is 2. The Hall–Kier alpha value is -1.57. The second-order valence-corrected chi connectivity index (χ2v) is 3.92. The monoisotopic (exact) mass is 184 g/mol. The molecule has 0 N–H and O–H groups in total. The van der Waals surface area contributed by atoms with Crippen LogP contribution in [-0.2, 0) is 6.42 Å². The van der Waals surface area contributed by atoms with Gasteiger partial charge in [0.2, 0.25) is 0 Å². The molecule has 0 atom stereocenters. The molecule has 0 radical (unpaired) electrons. The maximum Gasteiger partial charge on any atom is 0.137 e. The lowest BCUT2D eigenvalue weighted by molar-refractivity contribution is 1.03. The molecular weight excluding hydrogens is 172 g/mol. The van der Waals surface area contributed by atoms with Gasteiger partial charge in [0.05, 0.1) is 11.4 Å². The Labute approximate surface area is 82.9 Å². The average molecular weight is 184 g/mol. The van der Waals surface area contributed by atoms with Gasteiger partial charge in [0, 0.05) is 12.6 Å². The summed E-state index contributed by atoms with van der Waals surface area (Å²) in [7, 11) is 0. The minimum absolute atomic E-state index is 1.05. The van der Waals surface area contributed by atoms with Gasteiger partial charge in [-0.1, -0.05) is 11.6 Å². The van der Waals surface area contributed by atoms with Crippen LogP contribution in [0.5, 0.6) is 0 Å². The van der Waals surface area contributed by atoms with E-state index >= 15 is 0 Å². The number of hydrogen-bond acceptors (Lipinski definition) is 1. The molecule has 0 fully saturated rings. The zero-order chi connectivity index (χ0) is 9.71. The van der Waals surface area contributed by atoms with Crippen LogP contribution < -0.4 is 0 Å². The Morgan fingerprint density at radius 2 is 2.14 bits per heavy atom. The third-order valence-electron chi connectivity index (χ3n) is 3.06. The van der Waals surface area contributed by atoms with E-state index in [1.807, 2.05) is 6.07 Å². The van der Waals surface area contributed by atoms with Gasteiger partial charge >= 0.3 is 0 Å². The third-order valence-corrected chi connectivity index (χ3v) is 3.06. The standard InChI is InChI=1S/C12H12N2/c1-8-7-10-12(9(8)2)13-11-5-3-4-6-14(10)11/h3-6H,7H2,1-2H3. The van der Waals surface area contributed by atoms with Crippen molar-refractivity contribution in [3.63, 3.8) is 0 Å². The molecule has 0 spiro atoms. The summed E-state index contributed by atoms with van der Waals surface area (Å²) in [6.45, 7) is 4.35. The van der Waals surface area contributed by atoms with E-state index in [0.717, 1.165) is 12.1 Å². The number of imidazole rings is 1. The van der Waals surface area contributed by atoms with Gasteiger partial charge in [-0.2, -0.15) is 0 Å². The number of allylic oxidation sites excluding steroid dienone is 2. The summed E-state index contributed by atoms with van der Waals surface area (Å²) in [5, 5.41) is 0. The van der Waals surface area contributed by atoms with Gasteiger partial charge in [0.1, 0.15) is 5.65 Å². The van der Waals surface area contributed by atoms with Crippen molar-refractivity contribution < 1.29 is 0 Å². The van der Waals surface area contributed by atoms with Crippen molar-refractivity contribution >= 4 is 11.2 Å². The highest BCUT2D eigenvalue weighted by Crippen LogP contribution is 2.31. The molecule has 1 aliphatic carbocycles. The van der Waals surface area contributed by atoms with Gasteiger partial charge < -0.3 is 4.40 Å². The minimum Gasteiger partial charge on any atom is -0.303 e. The van der Waals surface area contributed by atoms with Crippen LogP contribution in [0.15, 0.2) is 30.0 Å². The lowest BCUT2D eigenvalue weighted by Crippen LogP contribution is -1.90. The number of rotatable bonds is 0.